The minimum Gasteiger partial charge on any atom is -0.488 e. The number of ether oxygens (including phenoxy) is 1. The van der Waals surface area contributed by atoms with Crippen molar-refractivity contribution in [2.75, 3.05) is 37.4 Å². The Morgan fingerprint density at radius 3 is 2.33 bits per heavy atom. The molecule has 0 aromatic heterocycles. The van der Waals surface area contributed by atoms with Crippen molar-refractivity contribution in [3.63, 3.8) is 0 Å². The molecule has 3 aromatic carbocycles. The van der Waals surface area contributed by atoms with E-state index in [1.807, 2.05) is 13.0 Å². The van der Waals surface area contributed by atoms with Crippen molar-refractivity contribution < 1.29 is 27.9 Å². The molecular weight excluding hydrogens is 532 g/mol. The molecule has 0 aliphatic carbocycles. The van der Waals surface area contributed by atoms with Crippen molar-refractivity contribution in [1.29, 1.82) is 0 Å². The second-order valence-electron chi connectivity index (χ2n) is 9.88. The highest BCUT2D eigenvalue weighted by Crippen LogP contribution is 2.31. The number of anilines is 2. The SMILES string of the molecule is C[C@@H]1CN([C@H](C)CO)C(=O)c2cc(NC(=O)Nc3ccccc3)ccc2O[C@@H]1CN(C)S(=O)(=O)c1ccccc1. The van der Waals surface area contributed by atoms with Gasteiger partial charge in [0.2, 0.25) is 10.0 Å². The molecular formula is C29H34N4O6S. The van der Waals surface area contributed by atoms with E-state index in [1.54, 1.807) is 66.4 Å². The summed E-state index contributed by atoms with van der Waals surface area (Å²) in [7, 11) is -2.28. The van der Waals surface area contributed by atoms with Crippen molar-refractivity contribution in [2.24, 2.45) is 5.92 Å². The largest absolute Gasteiger partial charge is 0.488 e. The van der Waals surface area contributed by atoms with E-state index in [0.717, 1.165) is 0 Å². The lowest BCUT2D eigenvalue weighted by Crippen LogP contribution is -2.50. The summed E-state index contributed by atoms with van der Waals surface area (Å²) < 4.78 is 33.9. The van der Waals surface area contributed by atoms with Crippen molar-refractivity contribution >= 4 is 33.3 Å². The van der Waals surface area contributed by atoms with Crippen molar-refractivity contribution in [2.45, 2.75) is 30.9 Å². The van der Waals surface area contributed by atoms with Crippen LogP contribution in [-0.2, 0) is 10.0 Å². The van der Waals surface area contributed by atoms with E-state index < -0.39 is 28.2 Å². The van der Waals surface area contributed by atoms with Gasteiger partial charge in [-0.15, -0.1) is 0 Å². The molecule has 3 N–H and O–H groups in total. The molecule has 11 heteroatoms. The van der Waals surface area contributed by atoms with Crippen LogP contribution in [-0.4, -0.2) is 73.6 Å². The van der Waals surface area contributed by atoms with E-state index in [-0.39, 0.29) is 47.7 Å². The van der Waals surface area contributed by atoms with Crippen LogP contribution in [0.3, 0.4) is 0 Å². The predicted molar refractivity (Wildman–Crippen MR) is 153 cm³/mol. The smallest absolute Gasteiger partial charge is 0.323 e. The number of benzene rings is 3. The molecule has 0 saturated carbocycles. The summed E-state index contributed by atoms with van der Waals surface area (Å²) in [5.74, 6) is -0.371. The summed E-state index contributed by atoms with van der Waals surface area (Å²) in [6.07, 6.45) is -0.607. The minimum absolute atomic E-state index is 0.0346. The van der Waals surface area contributed by atoms with Crippen LogP contribution in [0.5, 0.6) is 5.75 Å². The van der Waals surface area contributed by atoms with Gasteiger partial charge in [0.05, 0.1) is 29.7 Å². The molecule has 0 saturated heterocycles. The van der Waals surface area contributed by atoms with Crippen molar-refractivity contribution in [3.8, 4) is 5.75 Å². The third-order valence-electron chi connectivity index (χ3n) is 6.84. The molecule has 0 radical (unpaired) electrons. The third-order valence-corrected chi connectivity index (χ3v) is 8.68. The standard InChI is InChI=1S/C29H34N4O6S/c1-20-17-33(21(2)19-34)28(35)25-16-23(31-29(36)30-22-10-6-4-7-11-22)14-15-26(25)39-27(20)18-32(3)40(37,38)24-12-8-5-9-13-24/h4-16,20-21,27,34H,17-19H2,1-3H3,(H2,30,31,36)/t20-,21-,27-/m1/s1. The molecule has 10 nitrogen and oxygen atoms in total. The number of amides is 3. The fourth-order valence-corrected chi connectivity index (χ4v) is 5.66. The minimum atomic E-state index is -3.77. The number of urea groups is 1. The monoisotopic (exact) mass is 566 g/mol. The Morgan fingerprint density at radius 2 is 1.68 bits per heavy atom. The number of fused-ring (bicyclic) bond motifs is 1. The van der Waals surface area contributed by atoms with E-state index in [2.05, 4.69) is 10.6 Å². The van der Waals surface area contributed by atoms with Gasteiger partial charge in [0.15, 0.2) is 0 Å². The Balaban J connectivity index is 1.62. The first kappa shape index (κ1) is 29.1. The second-order valence-corrected chi connectivity index (χ2v) is 11.9. The molecule has 1 aliphatic heterocycles. The van der Waals surface area contributed by atoms with Crippen LogP contribution in [0.2, 0.25) is 0 Å². The van der Waals surface area contributed by atoms with E-state index >= 15 is 0 Å². The molecule has 1 heterocycles. The van der Waals surface area contributed by atoms with Crippen LogP contribution in [0, 0.1) is 5.92 Å². The summed E-state index contributed by atoms with van der Waals surface area (Å²) in [4.78, 5) is 27.9. The Bertz CT molecular complexity index is 1440. The van der Waals surface area contributed by atoms with Gasteiger partial charge in [-0.3, -0.25) is 4.79 Å². The van der Waals surface area contributed by atoms with Crippen LogP contribution in [0.4, 0.5) is 16.2 Å². The summed E-state index contributed by atoms with van der Waals surface area (Å²) >= 11 is 0. The Morgan fingerprint density at radius 1 is 1.05 bits per heavy atom. The van der Waals surface area contributed by atoms with Gasteiger partial charge in [0.25, 0.3) is 5.91 Å². The number of nitrogens with one attached hydrogen (secondary N) is 2. The highest BCUT2D eigenvalue weighted by Gasteiger charge is 2.35. The van der Waals surface area contributed by atoms with Gasteiger partial charge in [-0.05, 0) is 49.4 Å². The summed E-state index contributed by atoms with van der Waals surface area (Å²) in [6, 6.07) is 20.8. The Hall–Kier alpha value is -3.93. The van der Waals surface area contributed by atoms with Crippen LogP contribution >= 0.6 is 0 Å². The lowest BCUT2D eigenvalue weighted by molar-refractivity contribution is 0.0387. The molecule has 40 heavy (non-hydrogen) atoms. The summed E-state index contributed by atoms with van der Waals surface area (Å²) in [5.41, 5.74) is 1.18. The average molecular weight is 567 g/mol. The zero-order valence-corrected chi connectivity index (χ0v) is 23.5. The zero-order valence-electron chi connectivity index (χ0n) is 22.7. The lowest BCUT2D eigenvalue weighted by Gasteiger charge is -2.38. The van der Waals surface area contributed by atoms with E-state index in [1.165, 1.54) is 29.6 Å². The number of hydrogen-bond donors (Lipinski definition) is 3. The first-order chi connectivity index (χ1) is 19.1. The van der Waals surface area contributed by atoms with Crippen molar-refractivity contribution in [3.05, 3.63) is 84.4 Å². The number of aliphatic hydroxyl groups excluding tert-OH is 1. The number of carbonyl (C=O) groups is 2. The second kappa shape index (κ2) is 12.5. The molecule has 4 rings (SSSR count). The number of nitrogens with zero attached hydrogens (tertiary/aromatic N) is 2. The van der Waals surface area contributed by atoms with Gasteiger partial charge >= 0.3 is 6.03 Å². The zero-order chi connectivity index (χ0) is 28.9. The maximum Gasteiger partial charge on any atom is 0.323 e. The number of rotatable bonds is 8. The molecule has 1 aliphatic rings. The molecule has 0 spiro atoms. The van der Waals surface area contributed by atoms with E-state index in [0.29, 0.717) is 11.4 Å². The number of carbonyl (C=O) groups excluding carboxylic acids is 2. The number of hydrogen-bond acceptors (Lipinski definition) is 6. The van der Waals surface area contributed by atoms with Gasteiger partial charge < -0.3 is 25.4 Å². The molecule has 0 bridgehead atoms. The number of likely N-dealkylation sites (N-methyl/N-ethyl adjacent to an activating group) is 1. The average Bonchev–Trinajstić information content (AvgIpc) is 2.95. The first-order valence-corrected chi connectivity index (χ1v) is 14.4. The molecule has 3 atom stereocenters. The maximum absolute atomic E-state index is 13.6. The van der Waals surface area contributed by atoms with Crippen LogP contribution < -0.4 is 15.4 Å². The quantitative estimate of drug-likeness (QED) is 0.380. The summed E-state index contributed by atoms with van der Waals surface area (Å²) in [6.45, 7) is 3.64. The molecule has 0 unspecified atom stereocenters. The Kier molecular flexibility index (Phi) is 9.08. The number of aliphatic hydroxyl groups is 1. The van der Waals surface area contributed by atoms with Gasteiger partial charge in [0, 0.05) is 30.9 Å². The van der Waals surface area contributed by atoms with Gasteiger partial charge in [-0.2, -0.15) is 4.31 Å². The normalized spacial score (nSPS) is 18.2. The predicted octanol–water partition coefficient (Wildman–Crippen LogP) is 3.87. The fraction of sp³-hybridized carbons (Fsp3) is 0.310. The molecule has 0 fully saturated rings. The molecule has 3 aromatic rings. The van der Waals surface area contributed by atoms with Crippen LogP contribution in [0.15, 0.2) is 83.8 Å². The lowest BCUT2D eigenvalue weighted by atomic mass is 9.99. The van der Waals surface area contributed by atoms with E-state index in [9.17, 15) is 23.1 Å². The maximum atomic E-state index is 13.6. The number of sulfonamides is 1. The fourth-order valence-electron chi connectivity index (χ4n) is 4.46. The van der Waals surface area contributed by atoms with Crippen molar-refractivity contribution in [1.82, 2.24) is 9.21 Å². The number of para-hydroxylation sites is 1. The van der Waals surface area contributed by atoms with Crippen LogP contribution in [0.1, 0.15) is 24.2 Å². The van der Waals surface area contributed by atoms with Gasteiger partial charge in [-0.1, -0.05) is 43.3 Å². The highest BCUT2D eigenvalue weighted by atomic mass is 32.2. The van der Waals surface area contributed by atoms with Gasteiger partial charge in [-0.25, -0.2) is 13.2 Å². The third kappa shape index (κ3) is 6.61. The molecule has 3 amide bonds. The highest BCUT2D eigenvalue weighted by molar-refractivity contribution is 7.89. The summed E-state index contributed by atoms with van der Waals surface area (Å²) in [5, 5.41) is 15.3. The van der Waals surface area contributed by atoms with E-state index in [4.69, 9.17) is 4.74 Å². The topological polar surface area (TPSA) is 128 Å². The molecule has 212 valence electrons. The first-order valence-electron chi connectivity index (χ1n) is 13.0. The Labute approximate surface area is 234 Å². The van der Waals surface area contributed by atoms with Gasteiger partial charge in [0.1, 0.15) is 11.9 Å². The van der Waals surface area contributed by atoms with Crippen LogP contribution in [0.25, 0.3) is 0 Å².